The molecular formula is C19H22N4OS. The number of carbonyl (C=O) groups excluding carboxylic acids is 1. The van der Waals surface area contributed by atoms with Crippen molar-refractivity contribution in [3.63, 3.8) is 0 Å². The molecule has 1 aliphatic heterocycles. The number of para-hydroxylation sites is 2. The van der Waals surface area contributed by atoms with Gasteiger partial charge in [-0.2, -0.15) is 11.3 Å². The van der Waals surface area contributed by atoms with E-state index in [2.05, 4.69) is 27.8 Å². The number of nitrogens with zero attached hydrogens (tertiary/aromatic N) is 2. The molecule has 1 atom stereocenters. The summed E-state index contributed by atoms with van der Waals surface area (Å²) in [7, 11) is 0. The van der Waals surface area contributed by atoms with Gasteiger partial charge < -0.3 is 15.2 Å². The van der Waals surface area contributed by atoms with Crippen molar-refractivity contribution in [1.82, 2.24) is 20.2 Å². The minimum Gasteiger partial charge on any atom is -0.342 e. The van der Waals surface area contributed by atoms with E-state index in [9.17, 15) is 4.79 Å². The molecule has 1 aliphatic rings. The molecule has 0 unspecified atom stereocenters. The standard InChI is InChI=1S/C19H22N4OS/c1-13(15-8-11-25-12-15)20-19(24)23-9-6-14(7-10-23)18-21-16-4-2-3-5-17(16)22-18/h2-5,8,11-14H,6-7,9-10H2,1H3,(H,20,24)(H,21,22)/t13-/m0/s1. The Balaban J connectivity index is 1.35. The minimum absolute atomic E-state index is 0.0294. The fourth-order valence-electron chi connectivity index (χ4n) is 3.40. The summed E-state index contributed by atoms with van der Waals surface area (Å²) in [5.74, 6) is 1.44. The van der Waals surface area contributed by atoms with E-state index in [0.29, 0.717) is 5.92 Å². The second kappa shape index (κ2) is 6.88. The lowest BCUT2D eigenvalue weighted by Crippen LogP contribution is -2.44. The lowest BCUT2D eigenvalue weighted by Gasteiger charge is -2.32. The maximum atomic E-state index is 12.5. The molecule has 0 spiro atoms. The average molecular weight is 354 g/mol. The van der Waals surface area contributed by atoms with Crippen molar-refractivity contribution in [2.24, 2.45) is 0 Å². The second-order valence-electron chi connectivity index (χ2n) is 6.63. The van der Waals surface area contributed by atoms with Crippen molar-refractivity contribution < 1.29 is 4.79 Å². The van der Waals surface area contributed by atoms with Crippen LogP contribution >= 0.6 is 11.3 Å². The Morgan fingerprint density at radius 3 is 2.84 bits per heavy atom. The molecule has 4 rings (SSSR count). The van der Waals surface area contributed by atoms with Crippen LogP contribution in [0.1, 0.15) is 43.1 Å². The number of carbonyl (C=O) groups is 1. The van der Waals surface area contributed by atoms with Crippen molar-refractivity contribution >= 4 is 28.4 Å². The molecule has 1 aromatic carbocycles. The van der Waals surface area contributed by atoms with Crippen LogP contribution in [-0.2, 0) is 0 Å². The molecule has 0 saturated carbocycles. The predicted molar refractivity (Wildman–Crippen MR) is 101 cm³/mol. The molecule has 0 aliphatic carbocycles. The van der Waals surface area contributed by atoms with Crippen molar-refractivity contribution in [1.29, 1.82) is 0 Å². The van der Waals surface area contributed by atoms with Crippen LogP contribution in [0.25, 0.3) is 11.0 Å². The van der Waals surface area contributed by atoms with Crippen LogP contribution in [0, 0.1) is 0 Å². The monoisotopic (exact) mass is 354 g/mol. The molecule has 5 nitrogen and oxygen atoms in total. The van der Waals surface area contributed by atoms with Gasteiger partial charge in [0, 0.05) is 19.0 Å². The average Bonchev–Trinajstić information content (AvgIpc) is 3.31. The van der Waals surface area contributed by atoms with Gasteiger partial charge in [-0.05, 0) is 54.3 Å². The molecule has 2 aromatic heterocycles. The molecule has 0 bridgehead atoms. The second-order valence-corrected chi connectivity index (χ2v) is 7.41. The SMILES string of the molecule is C[C@H](NC(=O)N1CCC(c2nc3ccccc3[nH]2)CC1)c1ccsc1. The summed E-state index contributed by atoms with van der Waals surface area (Å²) in [6.07, 6.45) is 1.89. The highest BCUT2D eigenvalue weighted by Crippen LogP contribution is 2.28. The number of hydrogen-bond donors (Lipinski definition) is 2. The Kier molecular flexibility index (Phi) is 4.44. The lowest BCUT2D eigenvalue weighted by molar-refractivity contribution is 0.177. The zero-order chi connectivity index (χ0) is 17.2. The zero-order valence-electron chi connectivity index (χ0n) is 14.2. The Hall–Kier alpha value is -2.34. The van der Waals surface area contributed by atoms with Gasteiger partial charge in [0.05, 0.1) is 17.1 Å². The maximum Gasteiger partial charge on any atom is 0.317 e. The van der Waals surface area contributed by atoms with Crippen LogP contribution in [0.5, 0.6) is 0 Å². The maximum absolute atomic E-state index is 12.5. The third kappa shape index (κ3) is 3.39. The Labute approximate surface area is 151 Å². The van der Waals surface area contributed by atoms with Gasteiger partial charge in [-0.3, -0.25) is 0 Å². The Bertz CT molecular complexity index is 816. The van der Waals surface area contributed by atoms with Gasteiger partial charge in [-0.1, -0.05) is 12.1 Å². The van der Waals surface area contributed by atoms with Gasteiger partial charge in [-0.15, -0.1) is 0 Å². The number of rotatable bonds is 3. The fourth-order valence-corrected chi connectivity index (χ4v) is 4.16. The van der Waals surface area contributed by atoms with Gasteiger partial charge in [0.2, 0.25) is 0 Å². The number of imidazole rings is 1. The minimum atomic E-state index is 0.0294. The topological polar surface area (TPSA) is 61.0 Å². The Morgan fingerprint density at radius 1 is 1.32 bits per heavy atom. The molecule has 2 N–H and O–H groups in total. The molecule has 1 fully saturated rings. The normalized spacial score (nSPS) is 16.9. The van der Waals surface area contributed by atoms with Gasteiger partial charge in [-0.25, -0.2) is 9.78 Å². The fraction of sp³-hybridized carbons (Fsp3) is 0.368. The van der Waals surface area contributed by atoms with Gasteiger partial charge in [0.25, 0.3) is 0 Å². The van der Waals surface area contributed by atoms with E-state index in [-0.39, 0.29) is 12.1 Å². The number of hydrogen-bond acceptors (Lipinski definition) is 3. The number of likely N-dealkylation sites (tertiary alicyclic amines) is 1. The molecule has 0 radical (unpaired) electrons. The summed E-state index contributed by atoms with van der Waals surface area (Å²) >= 11 is 1.65. The van der Waals surface area contributed by atoms with Gasteiger partial charge in [0.15, 0.2) is 0 Å². The highest BCUT2D eigenvalue weighted by molar-refractivity contribution is 7.07. The molecule has 2 amide bonds. The number of piperidine rings is 1. The highest BCUT2D eigenvalue weighted by Gasteiger charge is 2.26. The third-order valence-corrected chi connectivity index (χ3v) is 5.66. The number of nitrogens with one attached hydrogen (secondary N) is 2. The van der Waals surface area contributed by atoms with Crippen molar-refractivity contribution in [3.8, 4) is 0 Å². The summed E-state index contributed by atoms with van der Waals surface area (Å²) in [5, 5.41) is 7.22. The molecule has 6 heteroatoms. The summed E-state index contributed by atoms with van der Waals surface area (Å²) in [5.41, 5.74) is 3.26. The zero-order valence-corrected chi connectivity index (χ0v) is 15.1. The van der Waals surface area contributed by atoms with Gasteiger partial charge >= 0.3 is 6.03 Å². The van der Waals surface area contributed by atoms with Crippen LogP contribution < -0.4 is 5.32 Å². The summed E-state index contributed by atoms with van der Waals surface area (Å²) in [4.78, 5) is 22.5. The van der Waals surface area contributed by atoms with E-state index in [1.54, 1.807) is 11.3 Å². The van der Waals surface area contributed by atoms with E-state index < -0.39 is 0 Å². The first-order valence-corrected chi connectivity index (χ1v) is 9.67. The summed E-state index contributed by atoms with van der Waals surface area (Å²) in [6, 6.07) is 10.3. The molecule has 3 aromatic rings. The van der Waals surface area contributed by atoms with Crippen LogP contribution in [0.2, 0.25) is 0 Å². The number of aromatic nitrogens is 2. The number of aromatic amines is 1. The van der Waals surface area contributed by atoms with Crippen molar-refractivity contribution in [2.45, 2.75) is 31.7 Å². The van der Waals surface area contributed by atoms with Crippen LogP contribution in [0.3, 0.4) is 0 Å². The number of amides is 2. The first kappa shape index (κ1) is 16.1. The third-order valence-electron chi connectivity index (χ3n) is 4.96. The molecular weight excluding hydrogens is 332 g/mol. The van der Waals surface area contributed by atoms with E-state index in [1.807, 2.05) is 35.4 Å². The predicted octanol–water partition coefficient (Wildman–Crippen LogP) is 4.27. The first-order valence-electron chi connectivity index (χ1n) is 8.73. The molecule has 1 saturated heterocycles. The lowest BCUT2D eigenvalue weighted by atomic mass is 9.96. The Morgan fingerprint density at radius 2 is 2.12 bits per heavy atom. The number of H-pyrrole nitrogens is 1. The number of urea groups is 1. The molecule has 25 heavy (non-hydrogen) atoms. The molecule has 3 heterocycles. The number of benzene rings is 1. The highest BCUT2D eigenvalue weighted by atomic mass is 32.1. The molecule has 130 valence electrons. The summed E-state index contributed by atoms with van der Waals surface area (Å²) in [6.45, 7) is 3.56. The number of thiophene rings is 1. The van der Waals surface area contributed by atoms with E-state index in [0.717, 1.165) is 48.4 Å². The first-order chi connectivity index (χ1) is 12.2. The van der Waals surface area contributed by atoms with Crippen molar-refractivity contribution in [3.05, 3.63) is 52.5 Å². The largest absolute Gasteiger partial charge is 0.342 e. The quantitative estimate of drug-likeness (QED) is 0.738. The van der Waals surface area contributed by atoms with Crippen LogP contribution in [0.4, 0.5) is 4.79 Å². The van der Waals surface area contributed by atoms with E-state index in [1.165, 1.54) is 0 Å². The smallest absolute Gasteiger partial charge is 0.317 e. The van der Waals surface area contributed by atoms with Crippen molar-refractivity contribution in [2.75, 3.05) is 13.1 Å². The van der Waals surface area contributed by atoms with E-state index >= 15 is 0 Å². The van der Waals surface area contributed by atoms with Crippen LogP contribution in [0.15, 0.2) is 41.1 Å². The van der Waals surface area contributed by atoms with Gasteiger partial charge in [0.1, 0.15) is 5.82 Å². The van der Waals surface area contributed by atoms with E-state index in [4.69, 9.17) is 4.98 Å². The number of fused-ring (bicyclic) bond motifs is 1. The summed E-state index contributed by atoms with van der Waals surface area (Å²) < 4.78 is 0. The van der Waals surface area contributed by atoms with Crippen LogP contribution in [-0.4, -0.2) is 34.0 Å².